The van der Waals surface area contributed by atoms with Crippen LogP contribution in [0.3, 0.4) is 0 Å². The highest BCUT2D eigenvalue weighted by Crippen LogP contribution is 2.33. The van der Waals surface area contributed by atoms with Crippen molar-refractivity contribution >= 4 is 17.7 Å². The van der Waals surface area contributed by atoms with E-state index in [0.29, 0.717) is 5.25 Å². The zero-order chi connectivity index (χ0) is 10.6. The smallest absolute Gasteiger partial charge is 0.316 e. The second kappa shape index (κ2) is 5.64. The molecule has 2 nitrogen and oxygen atoms in total. The lowest BCUT2D eigenvalue weighted by atomic mass is 10.0. The highest BCUT2D eigenvalue weighted by Gasteiger charge is 2.26. The molecule has 1 saturated carbocycles. The molecule has 1 aliphatic rings. The SMILES string of the molecule is CC(C)C(SC1CCCCC1)C(=O)O. The van der Waals surface area contributed by atoms with Crippen LogP contribution in [-0.4, -0.2) is 21.6 Å². The topological polar surface area (TPSA) is 37.3 Å². The van der Waals surface area contributed by atoms with Crippen LogP contribution in [0, 0.1) is 5.92 Å². The van der Waals surface area contributed by atoms with Gasteiger partial charge >= 0.3 is 5.97 Å². The number of carbonyl (C=O) groups is 1. The summed E-state index contributed by atoms with van der Waals surface area (Å²) in [5, 5.41) is 9.43. The number of thioether (sulfide) groups is 1. The van der Waals surface area contributed by atoms with Gasteiger partial charge in [0.2, 0.25) is 0 Å². The quantitative estimate of drug-likeness (QED) is 0.784. The van der Waals surface area contributed by atoms with Crippen molar-refractivity contribution < 1.29 is 9.90 Å². The van der Waals surface area contributed by atoms with Crippen LogP contribution in [0.25, 0.3) is 0 Å². The number of hydrogen-bond acceptors (Lipinski definition) is 2. The van der Waals surface area contributed by atoms with E-state index >= 15 is 0 Å². The maximum atomic E-state index is 11.0. The molecule has 0 amide bonds. The van der Waals surface area contributed by atoms with E-state index in [1.54, 1.807) is 11.8 Å². The molecule has 1 fully saturated rings. The lowest BCUT2D eigenvalue weighted by molar-refractivity contribution is -0.137. The van der Waals surface area contributed by atoms with Crippen molar-refractivity contribution in [3.63, 3.8) is 0 Å². The maximum absolute atomic E-state index is 11.0. The molecule has 0 saturated heterocycles. The molecular formula is C11H20O2S. The highest BCUT2D eigenvalue weighted by molar-refractivity contribution is 8.01. The third kappa shape index (κ3) is 3.52. The Balaban J connectivity index is 2.41. The zero-order valence-electron chi connectivity index (χ0n) is 9.03. The summed E-state index contributed by atoms with van der Waals surface area (Å²) in [5.74, 6) is -0.407. The van der Waals surface area contributed by atoms with Gasteiger partial charge in [-0.1, -0.05) is 33.1 Å². The number of aliphatic carboxylic acids is 1. The molecule has 0 aromatic heterocycles. The Morgan fingerprint density at radius 2 is 1.86 bits per heavy atom. The fourth-order valence-electron chi connectivity index (χ4n) is 1.91. The van der Waals surface area contributed by atoms with E-state index in [-0.39, 0.29) is 11.2 Å². The molecule has 0 aromatic rings. The zero-order valence-corrected chi connectivity index (χ0v) is 9.85. The summed E-state index contributed by atoms with van der Waals surface area (Å²) in [7, 11) is 0. The minimum absolute atomic E-state index is 0.210. The van der Waals surface area contributed by atoms with Gasteiger partial charge in [0.25, 0.3) is 0 Å². The van der Waals surface area contributed by atoms with E-state index in [9.17, 15) is 4.79 Å². The molecule has 0 aliphatic heterocycles. The molecule has 0 spiro atoms. The standard InChI is InChI=1S/C11H20O2S/c1-8(2)10(11(12)13)14-9-6-4-3-5-7-9/h8-10H,3-7H2,1-2H3,(H,12,13). The summed E-state index contributed by atoms with van der Waals surface area (Å²) in [5.41, 5.74) is 0. The molecule has 3 heteroatoms. The molecule has 0 heterocycles. The summed E-state index contributed by atoms with van der Waals surface area (Å²) in [6.07, 6.45) is 6.31. The Kier molecular flexibility index (Phi) is 4.79. The first-order chi connectivity index (χ1) is 6.61. The first kappa shape index (κ1) is 11.9. The summed E-state index contributed by atoms with van der Waals surface area (Å²) in [4.78, 5) is 11.0. The van der Waals surface area contributed by atoms with Gasteiger partial charge in [-0.25, -0.2) is 0 Å². The number of carboxylic acids is 1. The first-order valence-corrected chi connectivity index (χ1v) is 6.44. The van der Waals surface area contributed by atoms with Gasteiger partial charge < -0.3 is 5.11 Å². The summed E-state index contributed by atoms with van der Waals surface area (Å²) < 4.78 is 0. The molecule has 14 heavy (non-hydrogen) atoms. The average molecular weight is 216 g/mol. The van der Waals surface area contributed by atoms with Crippen molar-refractivity contribution in [2.24, 2.45) is 5.92 Å². The number of hydrogen-bond donors (Lipinski definition) is 1. The summed E-state index contributed by atoms with van der Waals surface area (Å²) >= 11 is 1.68. The van der Waals surface area contributed by atoms with E-state index in [1.165, 1.54) is 32.1 Å². The lowest BCUT2D eigenvalue weighted by Gasteiger charge is -2.25. The Morgan fingerprint density at radius 3 is 2.29 bits per heavy atom. The van der Waals surface area contributed by atoms with Crippen LogP contribution < -0.4 is 0 Å². The monoisotopic (exact) mass is 216 g/mol. The van der Waals surface area contributed by atoms with Crippen molar-refractivity contribution in [3.05, 3.63) is 0 Å². The van der Waals surface area contributed by atoms with Gasteiger partial charge in [0.05, 0.1) is 0 Å². The van der Waals surface area contributed by atoms with Gasteiger partial charge in [0.1, 0.15) is 5.25 Å². The molecular weight excluding hydrogens is 196 g/mol. The number of carboxylic acid groups (broad SMARTS) is 1. The predicted octanol–water partition coefficient (Wildman–Crippen LogP) is 3.16. The van der Waals surface area contributed by atoms with Gasteiger partial charge in [0.15, 0.2) is 0 Å². The molecule has 0 bridgehead atoms. The molecule has 1 unspecified atom stereocenters. The van der Waals surface area contributed by atoms with Gasteiger partial charge in [-0.3, -0.25) is 4.79 Å². The molecule has 1 N–H and O–H groups in total. The average Bonchev–Trinajstić information content (AvgIpc) is 2.15. The highest BCUT2D eigenvalue weighted by atomic mass is 32.2. The van der Waals surface area contributed by atoms with Gasteiger partial charge in [0, 0.05) is 5.25 Å². The van der Waals surface area contributed by atoms with Gasteiger partial charge in [-0.15, -0.1) is 11.8 Å². The van der Waals surface area contributed by atoms with E-state index in [2.05, 4.69) is 0 Å². The normalized spacial score (nSPS) is 21.1. The number of rotatable bonds is 4. The van der Waals surface area contributed by atoms with Gasteiger partial charge in [-0.05, 0) is 18.8 Å². The third-order valence-electron chi connectivity index (χ3n) is 2.74. The summed E-state index contributed by atoms with van der Waals surface area (Å²) in [6.45, 7) is 3.99. The minimum Gasteiger partial charge on any atom is -0.480 e. The molecule has 82 valence electrons. The Morgan fingerprint density at radius 1 is 1.29 bits per heavy atom. The van der Waals surface area contributed by atoms with Crippen molar-refractivity contribution in [2.45, 2.75) is 56.5 Å². The van der Waals surface area contributed by atoms with E-state index < -0.39 is 5.97 Å². The van der Waals surface area contributed by atoms with Crippen molar-refractivity contribution in [1.29, 1.82) is 0 Å². The van der Waals surface area contributed by atoms with Gasteiger partial charge in [-0.2, -0.15) is 0 Å². The van der Waals surface area contributed by atoms with Crippen molar-refractivity contribution in [3.8, 4) is 0 Å². The molecule has 0 radical (unpaired) electrons. The Hall–Kier alpha value is -0.180. The second-order valence-electron chi connectivity index (χ2n) is 4.40. The second-order valence-corrected chi connectivity index (χ2v) is 5.85. The maximum Gasteiger partial charge on any atom is 0.316 e. The molecule has 1 aliphatic carbocycles. The van der Waals surface area contributed by atoms with E-state index in [0.717, 1.165) is 0 Å². The van der Waals surface area contributed by atoms with Crippen LogP contribution in [0.15, 0.2) is 0 Å². The van der Waals surface area contributed by atoms with Crippen molar-refractivity contribution in [1.82, 2.24) is 0 Å². The van der Waals surface area contributed by atoms with Crippen LogP contribution >= 0.6 is 11.8 Å². The Bertz CT molecular complexity index is 186. The fourth-order valence-corrected chi connectivity index (χ4v) is 3.36. The molecule has 1 atom stereocenters. The van der Waals surface area contributed by atoms with Crippen LogP contribution in [0.1, 0.15) is 46.0 Å². The van der Waals surface area contributed by atoms with E-state index in [1.807, 2.05) is 13.8 Å². The van der Waals surface area contributed by atoms with Crippen LogP contribution in [0.4, 0.5) is 0 Å². The summed E-state index contributed by atoms with van der Waals surface area (Å²) in [6, 6.07) is 0. The van der Waals surface area contributed by atoms with Crippen LogP contribution in [0.2, 0.25) is 0 Å². The van der Waals surface area contributed by atoms with Crippen LogP contribution in [-0.2, 0) is 4.79 Å². The predicted molar refractivity (Wildman–Crippen MR) is 60.7 cm³/mol. The molecule has 0 aromatic carbocycles. The van der Waals surface area contributed by atoms with Crippen molar-refractivity contribution in [2.75, 3.05) is 0 Å². The fraction of sp³-hybridized carbons (Fsp3) is 0.909. The third-order valence-corrected chi connectivity index (χ3v) is 4.64. The largest absolute Gasteiger partial charge is 0.480 e. The minimum atomic E-state index is -0.643. The molecule has 1 rings (SSSR count). The van der Waals surface area contributed by atoms with Crippen LogP contribution in [0.5, 0.6) is 0 Å². The van der Waals surface area contributed by atoms with E-state index in [4.69, 9.17) is 5.11 Å². The Labute approximate surface area is 90.5 Å². The first-order valence-electron chi connectivity index (χ1n) is 5.49. The lowest BCUT2D eigenvalue weighted by Crippen LogP contribution is -2.26.